The number of aromatic amines is 1. The minimum Gasteiger partial charge on any atom is -0.437 e. The van der Waals surface area contributed by atoms with E-state index in [-0.39, 0.29) is 11.7 Å². The van der Waals surface area contributed by atoms with E-state index in [9.17, 15) is 4.79 Å². The molecule has 1 aliphatic carbocycles. The number of H-pyrrole nitrogens is 1. The maximum absolute atomic E-state index is 12.4. The number of allylic oxidation sites excluding steroid dienone is 1. The summed E-state index contributed by atoms with van der Waals surface area (Å²) >= 11 is 0. The molecule has 1 aliphatic rings. The second kappa shape index (κ2) is 6.09. The fourth-order valence-corrected chi connectivity index (χ4v) is 3.29. The topological polar surface area (TPSA) is 68.1 Å². The van der Waals surface area contributed by atoms with Crippen LogP contribution in [0.3, 0.4) is 0 Å². The summed E-state index contributed by atoms with van der Waals surface area (Å²) in [5.74, 6) is 0.705. The smallest absolute Gasteiger partial charge is 0.262 e. The first kappa shape index (κ1) is 14.9. The lowest BCUT2D eigenvalue weighted by Gasteiger charge is -2.20. The molecule has 1 N–H and O–H groups in total. The molecule has 0 aliphatic heterocycles. The lowest BCUT2D eigenvalue weighted by molar-refractivity contribution is 0.0964. The van der Waals surface area contributed by atoms with Crippen molar-refractivity contribution in [2.45, 2.75) is 25.4 Å². The number of nitrogens with one attached hydrogen (secondary N) is 1. The molecule has 1 unspecified atom stereocenters. The SMILES string of the molecule is COC1CC=C(c2c(-c3ccccc3)oc3nc[nH]c(=O)c23)CC1. The van der Waals surface area contributed by atoms with Gasteiger partial charge in [-0.05, 0) is 24.8 Å². The number of aromatic nitrogens is 2. The highest BCUT2D eigenvalue weighted by Gasteiger charge is 2.25. The number of ether oxygens (including phenoxy) is 1. The Morgan fingerprint density at radius 2 is 2.12 bits per heavy atom. The maximum Gasteiger partial charge on any atom is 0.262 e. The number of rotatable bonds is 3. The largest absolute Gasteiger partial charge is 0.437 e. The average Bonchev–Trinajstić information content (AvgIpc) is 3.03. The predicted octanol–water partition coefficient (Wildman–Crippen LogP) is 3.77. The minimum atomic E-state index is -0.171. The van der Waals surface area contributed by atoms with E-state index in [0.29, 0.717) is 16.9 Å². The van der Waals surface area contributed by atoms with E-state index in [2.05, 4.69) is 16.0 Å². The Labute approximate surface area is 139 Å². The van der Waals surface area contributed by atoms with Gasteiger partial charge in [0.15, 0.2) is 0 Å². The van der Waals surface area contributed by atoms with Gasteiger partial charge in [-0.1, -0.05) is 36.4 Å². The van der Waals surface area contributed by atoms with Crippen LogP contribution in [0, 0.1) is 0 Å². The van der Waals surface area contributed by atoms with Crippen LogP contribution in [0.1, 0.15) is 24.8 Å². The molecular formula is C19H18N2O3. The second-order valence-electron chi connectivity index (χ2n) is 5.95. The first-order chi connectivity index (χ1) is 11.8. The third kappa shape index (κ3) is 2.47. The van der Waals surface area contributed by atoms with Gasteiger partial charge in [0.05, 0.1) is 12.4 Å². The van der Waals surface area contributed by atoms with E-state index in [1.165, 1.54) is 6.33 Å². The maximum atomic E-state index is 12.4. The molecule has 5 heteroatoms. The van der Waals surface area contributed by atoms with E-state index >= 15 is 0 Å². The molecule has 0 saturated heterocycles. The van der Waals surface area contributed by atoms with Gasteiger partial charge in [0.2, 0.25) is 5.71 Å². The van der Waals surface area contributed by atoms with Crippen LogP contribution in [0.25, 0.3) is 28.0 Å². The van der Waals surface area contributed by atoms with E-state index < -0.39 is 0 Å². The summed E-state index contributed by atoms with van der Waals surface area (Å²) in [7, 11) is 1.74. The highest BCUT2D eigenvalue weighted by atomic mass is 16.5. The van der Waals surface area contributed by atoms with Crippen molar-refractivity contribution >= 4 is 16.7 Å². The number of hydrogen-bond donors (Lipinski definition) is 1. The highest BCUT2D eigenvalue weighted by Crippen LogP contribution is 2.39. The molecule has 0 radical (unpaired) electrons. The number of furan rings is 1. The van der Waals surface area contributed by atoms with Gasteiger partial charge in [-0.25, -0.2) is 4.98 Å². The van der Waals surface area contributed by atoms with Crippen LogP contribution in [0.15, 0.2) is 51.9 Å². The molecule has 0 saturated carbocycles. The molecule has 2 heterocycles. The van der Waals surface area contributed by atoms with Crippen molar-refractivity contribution in [1.82, 2.24) is 9.97 Å². The van der Waals surface area contributed by atoms with E-state index in [1.807, 2.05) is 30.3 Å². The third-order valence-corrected chi connectivity index (χ3v) is 4.55. The van der Waals surface area contributed by atoms with Crippen LogP contribution in [-0.4, -0.2) is 23.2 Å². The molecular weight excluding hydrogens is 304 g/mol. The van der Waals surface area contributed by atoms with Crippen LogP contribution >= 0.6 is 0 Å². The summed E-state index contributed by atoms with van der Waals surface area (Å²) < 4.78 is 11.4. The summed E-state index contributed by atoms with van der Waals surface area (Å²) in [4.78, 5) is 19.3. The van der Waals surface area contributed by atoms with Crippen LogP contribution < -0.4 is 5.56 Å². The second-order valence-corrected chi connectivity index (χ2v) is 5.95. The number of fused-ring (bicyclic) bond motifs is 1. The zero-order valence-corrected chi connectivity index (χ0v) is 13.4. The van der Waals surface area contributed by atoms with Gasteiger partial charge in [-0.3, -0.25) is 4.79 Å². The van der Waals surface area contributed by atoms with Gasteiger partial charge in [-0.2, -0.15) is 0 Å². The molecule has 3 aromatic rings. The van der Waals surface area contributed by atoms with Crippen LogP contribution in [0.5, 0.6) is 0 Å². The molecule has 0 bridgehead atoms. The molecule has 5 nitrogen and oxygen atoms in total. The van der Waals surface area contributed by atoms with Crippen LogP contribution in [-0.2, 0) is 4.74 Å². The summed E-state index contributed by atoms with van der Waals surface area (Å²) in [6.45, 7) is 0. The third-order valence-electron chi connectivity index (χ3n) is 4.55. The van der Waals surface area contributed by atoms with E-state index in [4.69, 9.17) is 9.15 Å². The fourth-order valence-electron chi connectivity index (χ4n) is 3.29. The first-order valence-electron chi connectivity index (χ1n) is 8.05. The van der Waals surface area contributed by atoms with Crippen molar-refractivity contribution in [3.63, 3.8) is 0 Å². The molecule has 2 aromatic heterocycles. The summed E-state index contributed by atoms with van der Waals surface area (Å²) in [6, 6.07) is 9.84. The number of methoxy groups -OCH3 is 1. The summed E-state index contributed by atoms with van der Waals surface area (Å²) in [5, 5.41) is 0.526. The Morgan fingerprint density at radius 1 is 1.29 bits per heavy atom. The van der Waals surface area contributed by atoms with E-state index in [1.54, 1.807) is 7.11 Å². The summed E-state index contributed by atoms with van der Waals surface area (Å²) in [6.07, 6.45) is 6.39. The first-order valence-corrected chi connectivity index (χ1v) is 8.05. The minimum absolute atomic E-state index is 0.171. The quantitative estimate of drug-likeness (QED) is 0.797. The molecule has 4 rings (SSSR count). The van der Waals surface area contributed by atoms with Gasteiger partial charge < -0.3 is 14.1 Å². The van der Waals surface area contributed by atoms with Crippen molar-refractivity contribution in [2.75, 3.05) is 7.11 Å². The molecule has 122 valence electrons. The van der Waals surface area contributed by atoms with Crippen LogP contribution in [0.2, 0.25) is 0 Å². The normalized spacial score (nSPS) is 17.9. The van der Waals surface area contributed by atoms with Gasteiger partial charge in [-0.15, -0.1) is 0 Å². The van der Waals surface area contributed by atoms with Gasteiger partial charge in [0.25, 0.3) is 5.56 Å². The molecule has 0 spiro atoms. The molecule has 0 amide bonds. The zero-order valence-electron chi connectivity index (χ0n) is 13.4. The van der Waals surface area contributed by atoms with Gasteiger partial charge in [0, 0.05) is 18.2 Å². The van der Waals surface area contributed by atoms with E-state index in [0.717, 1.165) is 36.0 Å². The summed E-state index contributed by atoms with van der Waals surface area (Å²) in [5.41, 5.74) is 3.14. The molecule has 1 aromatic carbocycles. The van der Waals surface area contributed by atoms with Crippen molar-refractivity contribution in [2.24, 2.45) is 0 Å². The Morgan fingerprint density at radius 3 is 2.83 bits per heavy atom. The molecule has 1 atom stereocenters. The standard InChI is InChI=1S/C19H18N2O3/c1-23-14-9-7-12(8-10-14)15-16-18(22)20-11-21-19(16)24-17(15)13-5-3-2-4-6-13/h2-7,11,14H,8-10H2,1H3,(H,20,21,22). The number of benzene rings is 1. The Hall–Kier alpha value is -2.66. The predicted molar refractivity (Wildman–Crippen MR) is 92.7 cm³/mol. The van der Waals surface area contributed by atoms with Crippen molar-refractivity contribution in [3.05, 3.63) is 58.7 Å². The van der Waals surface area contributed by atoms with Crippen LogP contribution in [0.4, 0.5) is 0 Å². The molecule has 24 heavy (non-hydrogen) atoms. The lowest BCUT2D eigenvalue weighted by Crippen LogP contribution is -2.14. The Balaban J connectivity index is 1.95. The van der Waals surface area contributed by atoms with Crippen molar-refractivity contribution in [1.29, 1.82) is 0 Å². The number of hydrogen-bond acceptors (Lipinski definition) is 4. The zero-order chi connectivity index (χ0) is 16.5. The number of nitrogens with zero attached hydrogens (tertiary/aromatic N) is 1. The van der Waals surface area contributed by atoms with Crippen molar-refractivity contribution < 1.29 is 9.15 Å². The van der Waals surface area contributed by atoms with Gasteiger partial charge in [0.1, 0.15) is 11.1 Å². The molecule has 0 fully saturated rings. The lowest BCUT2D eigenvalue weighted by atomic mass is 9.89. The van der Waals surface area contributed by atoms with Crippen molar-refractivity contribution in [3.8, 4) is 11.3 Å². The Kier molecular flexibility index (Phi) is 3.78. The fraction of sp³-hybridized carbons (Fsp3) is 0.263. The average molecular weight is 322 g/mol. The Bertz CT molecular complexity index is 954. The monoisotopic (exact) mass is 322 g/mol. The highest BCUT2D eigenvalue weighted by molar-refractivity contribution is 5.96. The van der Waals surface area contributed by atoms with Gasteiger partial charge >= 0.3 is 0 Å².